The van der Waals surface area contributed by atoms with E-state index in [1.165, 1.54) is 32.0 Å². The van der Waals surface area contributed by atoms with Crippen molar-refractivity contribution in [2.45, 2.75) is 56.0 Å². The van der Waals surface area contributed by atoms with Gasteiger partial charge in [0.1, 0.15) is 5.82 Å². The molecule has 0 amide bonds. The van der Waals surface area contributed by atoms with Crippen LogP contribution in [0.25, 0.3) is 10.9 Å². The van der Waals surface area contributed by atoms with Gasteiger partial charge in [0, 0.05) is 29.7 Å². The van der Waals surface area contributed by atoms with Gasteiger partial charge in [-0.1, -0.05) is 23.2 Å². The van der Waals surface area contributed by atoms with Crippen molar-refractivity contribution in [3.8, 4) is 0 Å². The minimum Gasteiger partial charge on any atom is -0.327 e. The van der Waals surface area contributed by atoms with E-state index < -0.39 is 32.2 Å². The average Bonchev–Trinajstić information content (AvgIpc) is 2.80. The van der Waals surface area contributed by atoms with Gasteiger partial charge in [-0.3, -0.25) is 14.3 Å². The van der Waals surface area contributed by atoms with Crippen LogP contribution in [0.15, 0.2) is 38.8 Å². The summed E-state index contributed by atoms with van der Waals surface area (Å²) in [6.07, 6.45) is 1.78. The monoisotopic (exact) mass is 556 g/mol. The number of hydrogen-bond donors (Lipinski definition) is 2. The average molecular weight is 557 g/mol. The Morgan fingerprint density at radius 3 is 2.58 bits per heavy atom. The van der Waals surface area contributed by atoms with E-state index in [-0.39, 0.29) is 56.1 Å². The van der Waals surface area contributed by atoms with Crippen LogP contribution < -0.4 is 17.0 Å². The number of nitrogens with one attached hydrogen (secondary N) is 1. The molecule has 3 aromatic rings. The molecule has 2 heterocycles. The summed E-state index contributed by atoms with van der Waals surface area (Å²) in [7, 11) is -3.73. The SMILES string of the molecule is CC(C)S(=O)(=O)c1ccc(Cl)cc1Cn1c(=O)[nH]c2c(Cl)c(CN3CCC[C@@H](N)C3)c(F)cc2c1=O. The van der Waals surface area contributed by atoms with Crippen LogP contribution in [0.5, 0.6) is 0 Å². The van der Waals surface area contributed by atoms with Gasteiger partial charge >= 0.3 is 5.69 Å². The van der Waals surface area contributed by atoms with Crippen LogP contribution in [0, 0.1) is 5.82 Å². The molecule has 0 aliphatic carbocycles. The maximum Gasteiger partial charge on any atom is 0.329 e. The van der Waals surface area contributed by atoms with Crippen LogP contribution in [0.4, 0.5) is 4.39 Å². The predicted octanol–water partition coefficient (Wildman–Crippen LogP) is 3.29. The van der Waals surface area contributed by atoms with Crippen molar-refractivity contribution < 1.29 is 12.8 Å². The standard InChI is InChI=1S/C24H27Cl2FN4O4S/c1-13(2)36(34,35)20-6-5-15(25)8-14(20)10-31-23(32)17-9-19(27)18(21(26)22(17)29-24(31)33)12-30-7-3-4-16(28)11-30/h5-6,8-9,13,16H,3-4,7,10-12,28H2,1-2H3,(H,29,33)/t16-/m1/s1. The van der Waals surface area contributed by atoms with Crippen LogP contribution in [-0.4, -0.2) is 47.3 Å². The van der Waals surface area contributed by atoms with Crippen molar-refractivity contribution in [1.82, 2.24) is 14.5 Å². The third-order valence-electron chi connectivity index (χ3n) is 6.47. The van der Waals surface area contributed by atoms with E-state index in [4.69, 9.17) is 28.9 Å². The van der Waals surface area contributed by atoms with E-state index in [0.717, 1.165) is 30.0 Å². The highest BCUT2D eigenvalue weighted by molar-refractivity contribution is 7.92. The van der Waals surface area contributed by atoms with Gasteiger partial charge < -0.3 is 10.7 Å². The molecule has 194 valence electrons. The Bertz CT molecular complexity index is 1550. The number of fused-ring (bicyclic) bond motifs is 1. The van der Waals surface area contributed by atoms with Crippen LogP contribution in [-0.2, 0) is 22.9 Å². The van der Waals surface area contributed by atoms with Crippen molar-refractivity contribution in [3.63, 3.8) is 0 Å². The third-order valence-corrected chi connectivity index (χ3v) is 9.37. The van der Waals surface area contributed by atoms with Gasteiger partial charge in [0.2, 0.25) is 0 Å². The van der Waals surface area contributed by atoms with Gasteiger partial charge in [0.25, 0.3) is 5.56 Å². The fourth-order valence-electron chi connectivity index (χ4n) is 4.48. The van der Waals surface area contributed by atoms with Crippen molar-refractivity contribution in [3.05, 3.63) is 72.1 Å². The Morgan fingerprint density at radius 2 is 1.92 bits per heavy atom. The molecule has 0 unspecified atom stereocenters. The number of benzene rings is 2. The summed E-state index contributed by atoms with van der Waals surface area (Å²) in [6, 6.07) is 5.22. The van der Waals surface area contributed by atoms with Gasteiger partial charge in [-0.25, -0.2) is 17.6 Å². The molecule has 8 nitrogen and oxygen atoms in total. The van der Waals surface area contributed by atoms with Gasteiger partial charge in [0.05, 0.1) is 32.6 Å². The Labute approximate surface area is 217 Å². The quantitative estimate of drug-likeness (QED) is 0.481. The number of aromatic amines is 1. The van der Waals surface area contributed by atoms with Crippen molar-refractivity contribution in [2.24, 2.45) is 5.73 Å². The fourth-order valence-corrected chi connectivity index (χ4v) is 6.23. The number of aromatic nitrogens is 2. The summed E-state index contributed by atoms with van der Waals surface area (Å²) in [5, 5.41) is -0.651. The number of piperidine rings is 1. The maximum atomic E-state index is 15.2. The Morgan fingerprint density at radius 1 is 1.19 bits per heavy atom. The third kappa shape index (κ3) is 5.10. The first-order valence-corrected chi connectivity index (χ1v) is 13.8. The fraction of sp³-hybridized carbons (Fsp3) is 0.417. The summed E-state index contributed by atoms with van der Waals surface area (Å²) in [4.78, 5) is 30.8. The summed E-state index contributed by atoms with van der Waals surface area (Å²) < 4.78 is 41.7. The zero-order valence-electron chi connectivity index (χ0n) is 19.9. The van der Waals surface area contributed by atoms with E-state index in [1.807, 2.05) is 4.90 Å². The highest BCUT2D eigenvalue weighted by Crippen LogP contribution is 2.29. The summed E-state index contributed by atoms with van der Waals surface area (Å²) in [5.74, 6) is -0.673. The van der Waals surface area contributed by atoms with Crippen LogP contribution in [0.3, 0.4) is 0 Å². The smallest absolute Gasteiger partial charge is 0.327 e. The molecule has 4 rings (SSSR count). The van der Waals surface area contributed by atoms with Gasteiger partial charge in [0.15, 0.2) is 9.84 Å². The van der Waals surface area contributed by atoms with E-state index in [1.54, 1.807) is 0 Å². The second-order valence-electron chi connectivity index (χ2n) is 9.38. The second-order valence-corrected chi connectivity index (χ2v) is 12.7. The molecule has 2 aromatic carbocycles. The Balaban J connectivity index is 1.80. The van der Waals surface area contributed by atoms with Gasteiger partial charge in [-0.05, 0) is 63.1 Å². The van der Waals surface area contributed by atoms with E-state index in [0.29, 0.717) is 6.54 Å². The number of nitrogens with two attached hydrogens (primary N) is 1. The maximum absolute atomic E-state index is 15.2. The molecule has 1 aliphatic heterocycles. The zero-order valence-corrected chi connectivity index (χ0v) is 22.2. The predicted molar refractivity (Wildman–Crippen MR) is 139 cm³/mol. The number of likely N-dealkylation sites (tertiary alicyclic amines) is 1. The first-order valence-electron chi connectivity index (χ1n) is 11.5. The number of halogens is 3. The lowest BCUT2D eigenvalue weighted by molar-refractivity contribution is 0.199. The normalized spacial score (nSPS) is 17.2. The number of nitrogens with zero attached hydrogens (tertiary/aromatic N) is 2. The second kappa shape index (κ2) is 10.3. The van der Waals surface area contributed by atoms with Crippen molar-refractivity contribution in [2.75, 3.05) is 13.1 Å². The minimum atomic E-state index is -3.73. The zero-order chi connectivity index (χ0) is 26.4. The first kappa shape index (κ1) is 26.8. The minimum absolute atomic E-state index is 0.0102. The Hall–Kier alpha value is -2.24. The molecule has 12 heteroatoms. The Kier molecular flexibility index (Phi) is 7.64. The van der Waals surface area contributed by atoms with E-state index in [9.17, 15) is 18.0 Å². The molecule has 1 atom stereocenters. The lowest BCUT2D eigenvalue weighted by Gasteiger charge is -2.31. The van der Waals surface area contributed by atoms with E-state index in [2.05, 4.69) is 4.98 Å². The number of sulfone groups is 1. The van der Waals surface area contributed by atoms with Gasteiger partial charge in [-0.15, -0.1) is 0 Å². The van der Waals surface area contributed by atoms with Gasteiger partial charge in [-0.2, -0.15) is 0 Å². The molecule has 0 radical (unpaired) electrons. The molecule has 1 fully saturated rings. The lowest BCUT2D eigenvalue weighted by atomic mass is 10.0. The largest absolute Gasteiger partial charge is 0.329 e. The topological polar surface area (TPSA) is 118 Å². The van der Waals surface area contributed by atoms with Crippen LogP contribution in [0.2, 0.25) is 10.0 Å². The number of hydrogen-bond acceptors (Lipinski definition) is 6. The lowest BCUT2D eigenvalue weighted by Crippen LogP contribution is -2.42. The highest BCUT2D eigenvalue weighted by Gasteiger charge is 2.25. The summed E-state index contributed by atoms with van der Waals surface area (Å²) in [5.41, 5.74) is 4.80. The molecular weight excluding hydrogens is 530 g/mol. The summed E-state index contributed by atoms with van der Waals surface area (Å²) in [6.45, 7) is 4.20. The highest BCUT2D eigenvalue weighted by atomic mass is 35.5. The van der Waals surface area contributed by atoms with Crippen molar-refractivity contribution >= 4 is 43.9 Å². The molecule has 3 N–H and O–H groups in total. The van der Waals surface area contributed by atoms with Crippen LogP contribution >= 0.6 is 23.2 Å². The molecule has 0 bridgehead atoms. The molecule has 0 saturated carbocycles. The van der Waals surface area contributed by atoms with E-state index >= 15 is 4.39 Å². The number of rotatable bonds is 6. The number of H-pyrrole nitrogens is 1. The molecule has 1 saturated heterocycles. The molecule has 1 aliphatic rings. The van der Waals surface area contributed by atoms with Crippen LogP contribution in [0.1, 0.15) is 37.8 Å². The molecule has 1 aromatic heterocycles. The van der Waals surface area contributed by atoms with Crippen molar-refractivity contribution in [1.29, 1.82) is 0 Å². The first-order chi connectivity index (χ1) is 16.9. The molecular formula is C24H27Cl2FN4O4S. The summed E-state index contributed by atoms with van der Waals surface area (Å²) >= 11 is 12.6. The molecule has 0 spiro atoms. The molecule has 36 heavy (non-hydrogen) atoms.